The van der Waals surface area contributed by atoms with Gasteiger partial charge in [0.25, 0.3) is 0 Å². The molecule has 0 saturated carbocycles. The second kappa shape index (κ2) is 8.73. The molecule has 0 spiro atoms. The number of pyridine rings is 1. The van der Waals surface area contributed by atoms with Gasteiger partial charge < -0.3 is 19.5 Å². The molecule has 0 saturated heterocycles. The number of carbonyl (C=O) groups is 1. The molecule has 6 heteroatoms. The van der Waals surface area contributed by atoms with Crippen LogP contribution < -0.4 is 19.5 Å². The third-order valence-electron chi connectivity index (χ3n) is 3.66. The van der Waals surface area contributed by atoms with Gasteiger partial charge >= 0.3 is 0 Å². The maximum atomic E-state index is 12.1. The Hall–Kier alpha value is -3.02. The maximum Gasteiger partial charge on any atom is 0.244 e. The molecule has 132 valence electrons. The third-order valence-corrected chi connectivity index (χ3v) is 3.66. The van der Waals surface area contributed by atoms with Crippen molar-refractivity contribution in [1.82, 2.24) is 10.3 Å². The molecule has 1 aromatic carbocycles. The van der Waals surface area contributed by atoms with Gasteiger partial charge in [0, 0.05) is 18.5 Å². The van der Waals surface area contributed by atoms with E-state index < -0.39 is 0 Å². The van der Waals surface area contributed by atoms with Crippen molar-refractivity contribution in [1.29, 1.82) is 0 Å². The predicted molar refractivity (Wildman–Crippen MR) is 95.9 cm³/mol. The molecule has 1 atom stereocenters. The van der Waals surface area contributed by atoms with Crippen LogP contribution in [0.2, 0.25) is 0 Å². The normalized spacial score (nSPS) is 11.8. The van der Waals surface area contributed by atoms with Gasteiger partial charge in [-0.2, -0.15) is 0 Å². The van der Waals surface area contributed by atoms with Crippen molar-refractivity contribution in [2.45, 2.75) is 13.0 Å². The topological polar surface area (TPSA) is 69.7 Å². The standard InChI is InChI=1S/C19H22N2O4/c1-13(15-6-5-9-20-12-15)21-18(22)8-7-14-10-16(23-2)19(25-4)17(11-14)24-3/h5-13H,1-4H3,(H,21,22)/b8-7+. The summed E-state index contributed by atoms with van der Waals surface area (Å²) in [6.45, 7) is 1.90. The van der Waals surface area contributed by atoms with E-state index >= 15 is 0 Å². The van der Waals surface area contributed by atoms with Crippen molar-refractivity contribution in [3.8, 4) is 17.2 Å². The molecule has 25 heavy (non-hydrogen) atoms. The Kier molecular flexibility index (Phi) is 6.39. The van der Waals surface area contributed by atoms with E-state index in [0.717, 1.165) is 11.1 Å². The molecular formula is C19H22N2O4. The number of aromatic nitrogens is 1. The monoisotopic (exact) mass is 342 g/mol. The van der Waals surface area contributed by atoms with E-state index in [4.69, 9.17) is 14.2 Å². The van der Waals surface area contributed by atoms with E-state index in [0.29, 0.717) is 17.2 Å². The number of rotatable bonds is 7. The SMILES string of the molecule is COc1cc(/C=C/C(=O)NC(C)c2cccnc2)cc(OC)c1OC. The summed E-state index contributed by atoms with van der Waals surface area (Å²) in [6.07, 6.45) is 6.58. The van der Waals surface area contributed by atoms with Crippen LogP contribution in [0.5, 0.6) is 17.2 Å². The van der Waals surface area contributed by atoms with E-state index in [2.05, 4.69) is 10.3 Å². The second-order valence-corrected chi connectivity index (χ2v) is 5.31. The van der Waals surface area contributed by atoms with Gasteiger partial charge in [0.05, 0.1) is 27.4 Å². The number of hydrogen-bond acceptors (Lipinski definition) is 5. The van der Waals surface area contributed by atoms with Gasteiger partial charge in [-0.1, -0.05) is 6.07 Å². The zero-order chi connectivity index (χ0) is 18.2. The van der Waals surface area contributed by atoms with E-state index in [-0.39, 0.29) is 11.9 Å². The van der Waals surface area contributed by atoms with E-state index in [1.807, 2.05) is 19.1 Å². The summed E-state index contributed by atoms with van der Waals surface area (Å²) in [5, 5.41) is 2.89. The van der Waals surface area contributed by atoms with Gasteiger partial charge in [-0.15, -0.1) is 0 Å². The van der Waals surface area contributed by atoms with Crippen LogP contribution in [-0.4, -0.2) is 32.2 Å². The van der Waals surface area contributed by atoms with Crippen LogP contribution in [0, 0.1) is 0 Å². The summed E-state index contributed by atoms with van der Waals surface area (Å²) in [6, 6.07) is 7.17. The Morgan fingerprint density at radius 1 is 1.16 bits per heavy atom. The first kappa shape index (κ1) is 18.3. The van der Waals surface area contributed by atoms with Gasteiger partial charge in [-0.05, 0) is 42.3 Å². The smallest absolute Gasteiger partial charge is 0.244 e. The highest BCUT2D eigenvalue weighted by Gasteiger charge is 2.12. The highest BCUT2D eigenvalue weighted by molar-refractivity contribution is 5.92. The average Bonchev–Trinajstić information content (AvgIpc) is 2.65. The molecule has 1 aromatic heterocycles. The molecule has 2 rings (SSSR count). The fraction of sp³-hybridized carbons (Fsp3) is 0.263. The molecule has 6 nitrogen and oxygen atoms in total. The van der Waals surface area contributed by atoms with Gasteiger partial charge in [-0.25, -0.2) is 0 Å². The highest BCUT2D eigenvalue weighted by Crippen LogP contribution is 2.38. The Morgan fingerprint density at radius 2 is 1.84 bits per heavy atom. The molecule has 0 fully saturated rings. The molecule has 0 radical (unpaired) electrons. The zero-order valence-corrected chi connectivity index (χ0v) is 14.8. The van der Waals surface area contributed by atoms with Crippen molar-refractivity contribution in [2.24, 2.45) is 0 Å². The van der Waals surface area contributed by atoms with Crippen LogP contribution in [0.15, 0.2) is 42.7 Å². The van der Waals surface area contributed by atoms with Gasteiger partial charge in [0.2, 0.25) is 11.7 Å². The van der Waals surface area contributed by atoms with Crippen LogP contribution in [0.4, 0.5) is 0 Å². The first-order valence-electron chi connectivity index (χ1n) is 7.77. The number of amides is 1. The first-order valence-corrected chi connectivity index (χ1v) is 7.77. The number of benzene rings is 1. The molecule has 0 aliphatic carbocycles. The minimum absolute atomic E-state index is 0.134. The largest absolute Gasteiger partial charge is 0.493 e. The lowest BCUT2D eigenvalue weighted by Crippen LogP contribution is -2.24. The van der Waals surface area contributed by atoms with Crippen LogP contribution >= 0.6 is 0 Å². The number of nitrogens with one attached hydrogen (secondary N) is 1. The fourth-order valence-electron chi connectivity index (χ4n) is 2.35. The summed E-state index contributed by atoms with van der Waals surface area (Å²) < 4.78 is 15.9. The van der Waals surface area contributed by atoms with Crippen LogP contribution in [0.1, 0.15) is 24.1 Å². The van der Waals surface area contributed by atoms with E-state index in [1.54, 1.807) is 51.9 Å². The fourth-order valence-corrected chi connectivity index (χ4v) is 2.35. The van der Waals surface area contributed by atoms with E-state index in [9.17, 15) is 4.79 Å². The number of carbonyl (C=O) groups excluding carboxylic acids is 1. The van der Waals surface area contributed by atoms with E-state index in [1.165, 1.54) is 6.08 Å². The van der Waals surface area contributed by atoms with Crippen LogP contribution in [-0.2, 0) is 4.79 Å². The molecular weight excluding hydrogens is 320 g/mol. The summed E-state index contributed by atoms with van der Waals surface area (Å²) in [7, 11) is 4.64. The van der Waals surface area contributed by atoms with Crippen molar-refractivity contribution >= 4 is 12.0 Å². The maximum absolute atomic E-state index is 12.1. The Bertz CT molecular complexity index is 719. The summed E-state index contributed by atoms with van der Waals surface area (Å²) in [4.78, 5) is 16.2. The van der Waals surface area contributed by atoms with Gasteiger partial charge in [0.1, 0.15) is 0 Å². The number of hydrogen-bond donors (Lipinski definition) is 1. The van der Waals surface area contributed by atoms with Gasteiger partial charge in [-0.3, -0.25) is 9.78 Å². The Labute approximate surface area is 147 Å². The lowest BCUT2D eigenvalue weighted by molar-refractivity contribution is -0.117. The van der Waals surface area contributed by atoms with Gasteiger partial charge in [0.15, 0.2) is 11.5 Å². The second-order valence-electron chi connectivity index (χ2n) is 5.31. The molecule has 1 heterocycles. The molecule has 0 aliphatic heterocycles. The number of nitrogens with zero attached hydrogens (tertiary/aromatic N) is 1. The number of ether oxygens (including phenoxy) is 3. The van der Waals surface area contributed by atoms with Crippen LogP contribution in [0.25, 0.3) is 6.08 Å². The summed E-state index contributed by atoms with van der Waals surface area (Å²) >= 11 is 0. The molecule has 1 N–H and O–H groups in total. The minimum atomic E-state index is -0.204. The molecule has 0 bridgehead atoms. The van der Waals surface area contributed by atoms with Crippen molar-refractivity contribution in [3.63, 3.8) is 0 Å². The van der Waals surface area contributed by atoms with Crippen molar-refractivity contribution in [2.75, 3.05) is 21.3 Å². The zero-order valence-electron chi connectivity index (χ0n) is 14.8. The Balaban J connectivity index is 2.11. The molecule has 1 unspecified atom stereocenters. The molecule has 0 aliphatic rings. The number of methoxy groups -OCH3 is 3. The first-order chi connectivity index (χ1) is 12.1. The quantitative estimate of drug-likeness (QED) is 0.783. The molecule has 1 amide bonds. The summed E-state index contributed by atoms with van der Waals surface area (Å²) in [5.41, 5.74) is 1.70. The summed E-state index contributed by atoms with van der Waals surface area (Å²) in [5.74, 6) is 1.37. The highest BCUT2D eigenvalue weighted by atomic mass is 16.5. The molecule has 2 aromatic rings. The third kappa shape index (κ3) is 4.73. The Morgan fingerprint density at radius 3 is 2.36 bits per heavy atom. The van der Waals surface area contributed by atoms with Crippen LogP contribution in [0.3, 0.4) is 0 Å². The lowest BCUT2D eigenvalue weighted by Gasteiger charge is -2.13. The average molecular weight is 342 g/mol. The predicted octanol–water partition coefficient (Wildman–Crippen LogP) is 3.00. The minimum Gasteiger partial charge on any atom is -0.493 e. The van der Waals surface area contributed by atoms with Crippen molar-refractivity contribution < 1.29 is 19.0 Å². The lowest BCUT2D eigenvalue weighted by atomic mass is 10.1. The van der Waals surface area contributed by atoms with Crippen molar-refractivity contribution in [3.05, 3.63) is 53.9 Å².